The van der Waals surface area contributed by atoms with Gasteiger partial charge in [0.05, 0.1) is 17.6 Å². The van der Waals surface area contributed by atoms with Crippen LogP contribution in [0.5, 0.6) is 5.75 Å². The minimum absolute atomic E-state index is 0.317. The van der Waals surface area contributed by atoms with Gasteiger partial charge in [0.2, 0.25) is 0 Å². The molecule has 0 amide bonds. The first-order valence-corrected chi connectivity index (χ1v) is 6.65. The summed E-state index contributed by atoms with van der Waals surface area (Å²) in [5.41, 5.74) is 1.90. The molecule has 0 spiro atoms. The number of ether oxygens (including phenoxy) is 1. The number of aromatic nitrogens is 2. The maximum atomic E-state index is 5.78. The van der Waals surface area contributed by atoms with Crippen molar-refractivity contribution in [3.05, 3.63) is 47.8 Å². The monoisotopic (exact) mass is 274 g/mol. The molecule has 2 rings (SSSR count). The van der Waals surface area contributed by atoms with Crippen molar-refractivity contribution in [1.29, 1.82) is 0 Å². The Hall–Kier alpha value is -1.92. The number of para-hydroxylation sites is 1. The molecule has 0 aliphatic rings. The highest BCUT2D eigenvalue weighted by Crippen LogP contribution is 2.18. The predicted octanol–water partition coefficient (Wildman–Crippen LogP) is 3.07. The summed E-state index contributed by atoms with van der Waals surface area (Å²) >= 11 is 5.57. The third-order valence-corrected chi connectivity index (χ3v) is 2.72. The van der Waals surface area contributed by atoms with Gasteiger partial charge in [0.15, 0.2) is 0 Å². The highest BCUT2D eigenvalue weighted by molar-refractivity contribution is 6.19. The maximum Gasteiger partial charge on any atom is 0.135 e. The minimum Gasteiger partial charge on any atom is -0.487 e. The van der Waals surface area contributed by atoms with Crippen LogP contribution in [0.25, 0.3) is 0 Å². The van der Waals surface area contributed by atoms with E-state index in [1.54, 1.807) is 0 Å². The number of hydrogen-bond donors (Lipinski definition) is 0. The molecule has 0 atom stereocenters. The lowest BCUT2D eigenvalue weighted by molar-refractivity contribution is 0.305. The summed E-state index contributed by atoms with van der Waals surface area (Å²) in [7, 11) is 0. The average Bonchev–Trinajstić information content (AvgIpc) is 2.91. The summed E-state index contributed by atoms with van der Waals surface area (Å²) in [5.74, 6) is 6.91. The second-order valence-electron chi connectivity index (χ2n) is 3.92. The van der Waals surface area contributed by atoms with Crippen LogP contribution in [0.3, 0.4) is 0 Å². The Balaban J connectivity index is 2.06. The van der Waals surface area contributed by atoms with Crippen LogP contribution in [0.15, 0.2) is 36.7 Å². The standard InChI is InChI=1S/C15H15ClN2O/c1-2-18-11-13(10-17-18)12-19-15-8-4-3-6-14(15)7-5-9-16/h3-4,6,8,10-11H,2,9,12H2,1H3. The van der Waals surface area contributed by atoms with E-state index in [0.29, 0.717) is 12.5 Å². The zero-order valence-corrected chi connectivity index (χ0v) is 11.5. The average molecular weight is 275 g/mol. The molecule has 0 N–H and O–H groups in total. The Morgan fingerprint density at radius 2 is 2.21 bits per heavy atom. The van der Waals surface area contributed by atoms with Crippen molar-refractivity contribution in [2.24, 2.45) is 0 Å². The van der Waals surface area contributed by atoms with E-state index in [0.717, 1.165) is 23.4 Å². The van der Waals surface area contributed by atoms with E-state index in [4.69, 9.17) is 16.3 Å². The molecule has 0 fully saturated rings. The van der Waals surface area contributed by atoms with Gasteiger partial charge in [-0.3, -0.25) is 4.68 Å². The fraction of sp³-hybridized carbons (Fsp3) is 0.267. The lowest BCUT2D eigenvalue weighted by atomic mass is 10.2. The van der Waals surface area contributed by atoms with Crippen molar-refractivity contribution >= 4 is 11.6 Å². The SMILES string of the molecule is CCn1cc(COc2ccccc2C#CCCl)cn1. The van der Waals surface area contributed by atoms with Gasteiger partial charge < -0.3 is 4.74 Å². The third kappa shape index (κ3) is 3.77. The highest BCUT2D eigenvalue weighted by Gasteiger charge is 2.02. The lowest BCUT2D eigenvalue weighted by Crippen LogP contribution is -1.97. The van der Waals surface area contributed by atoms with Crippen molar-refractivity contribution in [1.82, 2.24) is 9.78 Å². The molecule has 1 aromatic heterocycles. The molecule has 19 heavy (non-hydrogen) atoms. The Kier molecular flexibility index (Phi) is 4.88. The molecule has 0 aliphatic carbocycles. The van der Waals surface area contributed by atoms with Crippen LogP contribution in [0.4, 0.5) is 0 Å². The van der Waals surface area contributed by atoms with Crippen LogP contribution in [0.1, 0.15) is 18.1 Å². The number of hydrogen-bond acceptors (Lipinski definition) is 2. The molecule has 2 aromatic rings. The smallest absolute Gasteiger partial charge is 0.135 e. The molecule has 98 valence electrons. The summed E-state index contributed by atoms with van der Waals surface area (Å²) in [4.78, 5) is 0. The fourth-order valence-electron chi connectivity index (χ4n) is 1.64. The highest BCUT2D eigenvalue weighted by atomic mass is 35.5. The van der Waals surface area contributed by atoms with E-state index in [9.17, 15) is 0 Å². The van der Waals surface area contributed by atoms with E-state index < -0.39 is 0 Å². The van der Waals surface area contributed by atoms with Crippen LogP contribution >= 0.6 is 11.6 Å². The van der Waals surface area contributed by atoms with Gasteiger partial charge in [0.25, 0.3) is 0 Å². The van der Waals surface area contributed by atoms with Gasteiger partial charge in [0, 0.05) is 18.3 Å². The van der Waals surface area contributed by atoms with Gasteiger partial charge in [-0.1, -0.05) is 24.0 Å². The van der Waals surface area contributed by atoms with Crippen LogP contribution in [-0.2, 0) is 13.2 Å². The van der Waals surface area contributed by atoms with Crippen LogP contribution in [0, 0.1) is 11.8 Å². The van der Waals surface area contributed by atoms with Crippen LogP contribution in [0.2, 0.25) is 0 Å². The first kappa shape index (κ1) is 13.5. The van der Waals surface area contributed by atoms with E-state index in [1.807, 2.05) is 41.3 Å². The molecule has 0 bridgehead atoms. The van der Waals surface area contributed by atoms with Gasteiger partial charge in [0.1, 0.15) is 12.4 Å². The van der Waals surface area contributed by atoms with Gasteiger partial charge in [-0.2, -0.15) is 5.10 Å². The van der Waals surface area contributed by atoms with Gasteiger partial charge in [-0.15, -0.1) is 11.6 Å². The van der Waals surface area contributed by atoms with E-state index in [-0.39, 0.29) is 0 Å². The fourth-order valence-corrected chi connectivity index (χ4v) is 1.71. The lowest BCUT2D eigenvalue weighted by Gasteiger charge is -2.06. The first-order chi connectivity index (χ1) is 9.33. The summed E-state index contributed by atoms with van der Waals surface area (Å²) in [5, 5.41) is 4.21. The summed E-state index contributed by atoms with van der Waals surface area (Å²) in [6, 6.07) is 7.68. The predicted molar refractivity (Wildman–Crippen MR) is 76.3 cm³/mol. The quantitative estimate of drug-likeness (QED) is 0.633. The summed E-state index contributed by atoms with van der Waals surface area (Å²) < 4.78 is 7.65. The number of halogens is 1. The van der Waals surface area contributed by atoms with Crippen molar-refractivity contribution in [3.8, 4) is 17.6 Å². The van der Waals surface area contributed by atoms with Crippen molar-refractivity contribution < 1.29 is 4.74 Å². The molecular weight excluding hydrogens is 260 g/mol. The minimum atomic E-state index is 0.317. The van der Waals surface area contributed by atoms with Crippen LogP contribution < -0.4 is 4.74 Å². The number of alkyl halides is 1. The zero-order valence-electron chi connectivity index (χ0n) is 10.8. The Morgan fingerprint density at radius 3 is 2.95 bits per heavy atom. The van der Waals surface area contributed by atoms with E-state index in [2.05, 4.69) is 23.9 Å². The first-order valence-electron chi connectivity index (χ1n) is 6.11. The molecular formula is C15H15ClN2O. The molecule has 1 aromatic carbocycles. The Labute approximate surface area is 118 Å². The van der Waals surface area contributed by atoms with Gasteiger partial charge in [-0.25, -0.2) is 0 Å². The number of rotatable bonds is 4. The Morgan fingerprint density at radius 1 is 1.37 bits per heavy atom. The Bertz CT molecular complexity index is 595. The molecule has 0 aliphatic heterocycles. The van der Waals surface area contributed by atoms with Crippen molar-refractivity contribution in [3.63, 3.8) is 0 Å². The molecule has 0 radical (unpaired) electrons. The second-order valence-corrected chi connectivity index (χ2v) is 4.19. The molecule has 0 saturated carbocycles. The topological polar surface area (TPSA) is 27.1 Å². The zero-order chi connectivity index (χ0) is 13.5. The molecule has 1 heterocycles. The summed E-state index contributed by atoms with van der Waals surface area (Å²) in [6.07, 6.45) is 3.80. The second kappa shape index (κ2) is 6.86. The molecule has 3 nitrogen and oxygen atoms in total. The molecule has 4 heteroatoms. The number of benzene rings is 1. The van der Waals surface area contributed by atoms with Crippen LogP contribution in [-0.4, -0.2) is 15.7 Å². The van der Waals surface area contributed by atoms with Crippen molar-refractivity contribution in [2.45, 2.75) is 20.1 Å². The third-order valence-electron chi connectivity index (χ3n) is 2.58. The van der Waals surface area contributed by atoms with Gasteiger partial charge >= 0.3 is 0 Å². The van der Waals surface area contributed by atoms with Gasteiger partial charge in [-0.05, 0) is 19.1 Å². The number of nitrogens with zero attached hydrogens (tertiary/aromatic N) is 2. The van der Waals surface area contributed by atoms with E-state index in [1.165, 1.54) is 0 Å². The maximum absolute atomic E-state index is 5.78. The molecule has 0 saturated heterocycles. The number of aryl methyl sites for hydroxylation is 1. The largest absolute Gasteiger partial charge is 0.487 e. The normalized spacial score (nSPS) is 9.79. The van der Waals surface area contributed by atoms with E-state index >= 15 is 0 Å². The van der Waals surface area contributed by atoms with Crippen molar-refractivity contribution in [2.75, 3.05) is 5.88 Å². The summed E-state index contributed by atoms with van der Waals surface area (Å²) in [6.45, 7) is 3.39. The molecule has 0 unspecified atom stereocenters.